The van der Waals surface area contributed by atoms with Crippen molar-refractivity contribution in [2.45, 2.75) is 24.7 Å². The minimum atomic E-state index is -1.58. The second-order valence-electron chi connectivity index (χ2n) is 9.06. The Balaban J connectivity index is 1.79. The van der Waals surface area contributed by atoms with Crippen LogP contribution in [0.2, 0.25) is 5.02 Å². The van der Waals surface area contributed by atoms with E-state index < -0.39 is 11.2 Å². The molecule has 3 aliphatic rings. The average molecular weight is 499 g/mol. The number of benzene rings is 2. The van der Waals surface area contributed by atoms with E-state index in [9.17, 15) is 19.2 Å². The molecular weight excluding hydrogens is 479 g/mol. The maximum Gasteiger partial charge on any atom is 0.247 e. The fraction of sp³-hybridized carbons (Fsp3) is 0.179. The van der Waals surface area contributed by atoms with E-state index in [2.05, 4.69) is 6.07 Å². The van der Waals surface area contributed by atoms with E-state index in [1.54, 1.807) is 35.0 Å². The highest BCUT2D eigenvalue weighted by molar-refractivity contribution is 6.31. The molecule has 0 bridgehead atoms. The van der Waals surface area contributed by atoms with Crippen molar-refractivity contribution in [2.24, 2.45) is 0 Å². The maximum atomic E-state index is 14.2. The number of hydrogen-bond donors (Lipinski definition) is 0. The second kappa shape index (κ2) is 7.94. The van der Waals surface area contributed by atoms with Crippen LogP contribution in [0, 0.1) is 17.1 Å². The van der Waals surface area contributed by atoms with E-state index in [4.69, 9.17) is 11.6 Å². The van der Waals surface area contributed by atoms with Gasteiger partial charge in [0, 0.05) is 54.1 Å². The van der Waals surface area contributed by atoms with Gasteiger partial charge in [-0.3, -0.25) is 14.5 Å². The standard InChI is InChI=1S/C28H20ClFN4O2/c1-32-22-8-3-2-7-18(22)28(27(32)36)19(16-31)26(33-13-4-5-14-33)34(17-11-12-21(30)20(29)15-17)23-9-6-10-24(35)25(23)28/h2-5,7-8,11-15H,6,9-10H2,1H3. The number of anilines is 2. The number of nitrogens with zero attached hydrogens (tertiary/aromatic N) is 4. The van der Waals surface area contributed by atoms with Gasteiger partial charge in [0.1, 0.15) is 23.1 Å². The first kappa shape index (κ1) is 22.3. The Kier molecular flexibility index (Phi) is 4.92. The van der Waals surface area contributed by atoms with E-state index in [0.29, 0.717) is 46.9 Å². The lowest BCUT2D eigenvalue weighted by Crippen LogP contribution is -2.51. The van der Waals surface area contributed by atoms with Crippen LogP contribution in [-0.2, 0) is 15.0 Å². The summed E-state index contributed by atoms with van der Waals surface area (Å²) in [6.07, 6.45) is 4.93. The quantitative estimate of drug-likeness (QED) is 0.473. The van der Waals surface area contributed by atoms with Gasteiger partial charge in [-0.05, 0) is 49.2 Å². The molecule has 0 N–H and O–H groups in total. The lowest BCUT2D eigenvalue weighted by Gasteiger charge is -2.45. The lowest BCUT2D eigenvalue weighted by atomic mass is 9.63. The number of para-hydroxylation sites is 1. The summed E-state index contributed by atoms with van der Waals surface area (Å²) in [4.78, 5) is 31.3. The summed E-state index contributed by atoms with van der Waals surface area (Å²) >= 11 is 6.18. The minimum absolute atomic E-state index is 0.0792. The average Bonchev–Trinajstić information content (AvgIpc) is 3.49. The zero-order chi connectivity index (χ0) is 25.2. The molecule has 178 valence electrons. The summed E-state index contributed by atoms with van der Waals surface area (Å²) in [6, 6.07) is 17.6. The summed E-state index contributed by atoms with van der Waals surface area (Å²) < 4.78 is 15.9. The van der Waals surface area contributed by atoms with E-state index in [-0.39, 0.29) is 28.7 Å². The number of carbonyl (C=O) groups is 2. The topological polar surface area (TPSA) is 69.3 Å². The molecular formula is C28H20ClFN4O2. The van der Waals surface area contributed by atoms with Gasteiger partial charge in [0.05, 0.1) is 10.6 Å². The van der Waals surface area contributed by atoms with Gasteiger partial charge in [-0.2, -0.15) is 5.26 Å². The van der Waals surface area contributed by atoms with Crippen LogP contribution in [0.15, 0.2) is 83.8 Å². The molecule has 0 radical (unpaired) electrons. The van der Waals surface area contributed by atoms with E-state index in [1.165, 1.54) is 17.0 Å². The molecule has 3 aromatic rings. The predicted octanol–water partition coefficient (Wildman–Crippen LogP) is 5.41. The molecule has 1 amide bonds. The molecule has 2 aromatic carbocycles. The third-order valence-electron chi connectivity index (χ3n) is 7.26. The number of aromatic nitrogens is 1. The van der Waals surface area contributed by atoms with Crippen molar-refractivity contribution in [1.82, 2.24) is 4.57 Å². The number of carbonyl (C=O) groups excluding carboxylic acids is 2. The van der Waals surface area contributed by atoms with Gasteiger partial charge < -0.3 is 9.47 Å². The predicted molar refractivity (Wildman–Crippen MR) is 135 cm³/mol. The van der Waals surface area contributed by atoms with Crippen molar-refractivity contribution in [3.63, 3.8) is 0 Å². The molecule has 3 heterocycles. The highest BCUT2D eigenvalue weighted by atomic mass is 35.5. The Hall–Kier alpha value is -4.15. The number of ketones is 1. The number of halogens is 2. The molecule has 0 saturated carbocycles. The Labute approximate surface area is 212 Å². The van der Waals surface area contributed by atoms with Crippen molar-refractivity contribution in [3.8, 4) is 6.07 Å². The number of likely N-dealkylation sites (N-methyl/N-ethyl adjacent to an activating group) is 1. The molecule has 6 nitrogen and oxygen atoms in total. The molecule has 1 aromatic heterocycles. The first-order chi connectivity index (χ1) is 17.4. The van der Waals surface area contributed by atoms with E-state index in [1.807, 2.05) is 36.4 Å². The molecule has 2 aliphatic heterocycles. The van der Waals surface area contributed by atoms with Crippen molar-refractivity contribution in [2.75, 3.05) is 16.8 Å². The third-order valence-corrected chi connectivity index (χ3v) is 7.55. The third kappa shape index (κ3) is 2.76. The Morgan fingerprint density at radius 3 is 2.53 bits per heavy atom. The van der Waals surface area contributed by atoms with Crippen LogP contribution < -0.4 is 9.80 Å². The number of rotatable bonds is 2. The highest BCUT2D eigenvalue weighted by Crippen LogP contribution is 2.57. The number of Topliss-reactive ketones (excluding diaryl/α,β-unsaturated/α-hetero) is 1. The summed E-state index contributed by atoms with van der Waals surface area (Å²) in [5.74, 6) is -0.676. The Bertz CT molecular complexity index is 1570. The van der Waals surface area contributed by atoms with Gasteiger partial charge in [-0.1, -0.05) is 29.8 Å². The SMILES string of the molecule is CN1C(=O)C2(C(C#N)=C(n3cccc3)N(c3ccc(F)c(Cl)c3)C3=C2C(=O)CCC3)c2ccccc21. The van der Waals surface area contributed by atoms with Crippen molar-refractivity contribution in [3.05, 3.63) is 100 Å². The monoisotopic (exact) mass is 498 g/mol. The van der Waals surface area contributed by atoms with Crippen LogP contribution in [0.25, 0.3) is 5.82 Å². The van der Waals surface area contributed by atoms with Gasteiger partial charge in [-0.25, -0.2) is 4.39 Å². The fourth-order valence-corrected chi connectivity index (χ4v) is 5.98. The molecule has 1 spiro atoms. The van der Waals surface area contributed by atoms with Crippen LogP contribution in [0.4, 0.5) is 15.8 Å². The number of hydrogen-bond acceptors (Lipinski definition) is 4. The van der Waals surface area contributed by atoms with Crippen LogP contribution in [0.5, 0.6) is 0 Å². The van der Waals surface area contributed by atoms with Crippen LogP contribution in [0.3, 0.4) is 0 Å². The number of fused-ring (bicyclic) bond motifs is 3. The fourth-order valence-electron chi connectivity index (χ4n) is 5.81. The zero-order valence-corrected chi connectivity index (χ0v) is 20.1. The maximum absolute atomic E-state index is 14.2. The van der Waals surface area contributed by atoms with Gasteiger partial charge in [0.25, 0.3) is 0 Å². The molecule has 8 heteroatoms. The molecule has 1 atom stereocenters. The van der Waals surface area contributed by atoms with Crippen molar-refractivity contribution in [1.29, 1.82) is 5.26 Å². The molecule has 0 fully saturated rings. The van der Waals surface area contributed by atoms with E-state index >= 15 is 0 Å². The molecule has 1 aliphatic carbocycles. The van der Waals surface area contributed by atoms with E-state index in [0.717, 1.165) is 0 Å². The molecule has 6 rings (SSSR count). The number of nitriles is 1. The first-order valence-electron chi connectivity index (χ1n) is 11.6. The highest BCUT2D eigenvalue weighted by Gasteiger charge is 2.62. The number of allylic oxidation sites excluding steroid dienone is 1. The van der Waals surface area contributed by atoms with Crippen molar-refractivity contribution < 1.29 is 14.0 Å². The van der Waals surface area contributed by atoms with Gasteiger partial charge >= 0.3 is 0 Å². The first-order valence-corrected chi connectivity index (χ1v) is 12.0. The zero-order valence-electron chi connectivity index (χ0n) is 19.3. The lowest BCUT2D eigenvalue weighted by molar-refractivity contribution is -0.123. The summed E-state index contributed by atoms with van der Waals surface area (Å²) in [6.45, 7) is 0. The molecule has 36 heavy (non-hydrogen) atoms. The van der Waals surface area contributed by atoms with Crippen molar-refractivity contribution >= 4 is 40.5 Å². The van der Waals surface area contributed by atoms with Gasteiger partial charge in [0.2, 0.25) is 5.91 Å². The van der Waals surface area contributed by atoms with Crippen LogP contribution in [0.1, 0.15) is 24.8 Å². The largest absolute Gasteiger partial charge is 0.314 e. The number of amides is 1. The Morgan fingerprint density at radius 1 is 1.06 bits per heavy atom. The Morgan fingerprint density at radius 2 is 1.81 bits per heavy atom. The van der Waals surface area contributed by atoms with Gasteiger partial charge in [-0.15, -0.1) is 0 Å². The van der Waals surface area contributed by atoms with Gasteiger partial charge in [0.15, 0.2) is 5.78 Å². The van der Waals surface area contributed by atoms with Crippen LogP contribution in [-0.4, -0.2) is 23.3 Å². The summed E-state index contributed by atoms with van der Waals surface area (Å²) in [5, 5.41) is 10.6. The second-order valence-corrected chi connectivity index (χ2v) is 9.47. The molecule has 0 saturated heterocycles. The smallest absolute Gasteiger partial charge is 0.247 e. The minimum Gasteiger partial charge on any atom is -0.314 e. The summed E-state index contributed by atoms with van der Waals surface area (Å²) in [7, 11) is 1.67. The normalized spacial score (nSPS) is 21.3. The summed E-state index contributed by atoms with van der Waals surface area (Å²) in [5.41, 5.74) is 1.26. The van der Waals surface area contributed by atoms with Crippen LogP contribution >= 0.6 is 11.6 Å². The molecule has 1 unspecified atom stereocenters.